The molecular formula is C22H14N4O. The Balaban J connectivity index is 1.70. The van der Waals surface area contributed by atoms with Crippen molar-refractivity contribution < 1.29 is 4.52 Å². The molecule has 0 amide bonds. The summed E-state index contributed by atoms with van der Waals surface area (Å²) < 4.78 is 5.60. The molecule has 0 aliphatic carbocycles. The van der Waals surface area contributed by atoms with Gasteiger partial charge in [0.2, 0.25) is 5.82 Å². The topological polar surface area (TPSA) is 64.7 Å². The third kappa shape index (κ3) is 2.85. The van der Waals surface area contributed by atoms with Crippen LogP contribution in [0.4, 0.5) is 0 Å². The first-order chi connectivity index (χ1) is 13.4. The molecule has 0 radical (unpaired) electrons. The van der Waals surface area contributed by atoms with E-state index in [9.17, 15) is 0 Å². The summed E-state index contributed by atoms with van der Waals surface area (Å²) in [5.41, 5.74) is 4.48. The van der Waals surface area contributed by atoms with E-state index in [2.05, 4.69) is 15.1 Å². The van der Waals surface area contributed by atoms with Gasteiger partial charge in [-0.2, -0.15) is 4.98 Å². The number of hydrogen-bond acceptors (Lipinski definition) is 5. The third-order valence-electron chi connectivity index (χ3n) is 4.38. The molecule has 27 heavy (non-hydrogen) atoms. The summed E-state index contributed by atoms with van der Waals surface area (Å²) in [5.74, 6) is 1.04. The van der Waals surface area contributed by atoms with Gasteiger partial charge in [-0.15, -0.1) is 0 Å². The number of fused-ring (bicyclic) bond motifs is 1. The van der Waals surface area contributed by atoms with Gasteiger partial charge in [0, 0.05) is 28.9 Å². The maximum Gasteiger partial charge on any atom is 0.259 e. The van der Waals surface area contributed by atoms with Gasteiger partial charge in [0.1, 0.15) is 0 Å². The molecule has 0 bridgehead atoms. The predicted molar refractivity (Wildman–Crippen MR) is 104 cm³/mol. The Kier molecular flexibility index (Phi) is 3.68. The van der Waals surface area contributed by atoms with Gasteiger partial charge in [-0.05, 0) is 24.3 Å². The smallest absolute Gasteiger partial charge is 0.259 e. The van der Waals surface area contributed by atoms with Gasteiger partial charge in [0.15, 0.2) is 0 Å². The zero-order valence-corrected chi connectivity index (χ0v) is 14.3. The second kappa shape index (κ2) is 6.46. The van der Waals surface area contributed by atoms with Gasteiger partial charge in [0.25, 0.3) is 5.89 Å². The quantitative estimate of drug-likeness (QED) is 0.457. The van der Waals surface area contributed by atoms with E-state index in [4.69, 9.17) is 9.51 Å². The van der Waals surface area contributed by atoms with E-state index in [0.717, 1.165) is 33.3 Å². The Morgan fingerprint density at radius 1 is 0.704 bits per heavy atom. The molecule has 0 spiro atoms. The molecule has 0 aliphatic heterocycles. The van der Waals surface area contributed by atoms with E-state index in [1.807, 2.05) is 72.8 Å². The van der Waals surface area contributed by atoms with Gasteiger partial charge in [0.05, 0.1) is 16.8 Å². The number of nitrogens with zero attached hydrogens (tertiary/aromatic N) is 4. The number of rotatable bonds is 3. The van der Waals surface area contributed by atoms with Crippen LogP contribution in [0, 0.1) is 0 Å². The molecule has 3 heterocycles. The molecule has 5 aromatic rings. The monoisotopic (exact) mass is 350 g/mol. The van der Waals surface area contributed by atoms with E-state index < -0.39 is 0 Å². The number of para-hydroxylation sites is 1. The van der Waals surface area contributed by atoms with Crippen molar-refractivity contribution in [3.8, 4) is 34.1 Å². The van der Waals surface area contributed by atoms with Gasteiger partial charge in [-0.1, -0.05) is 53.7 Å². The SMILES string of the molecule is c1ccc(-c2noc(-c3cc(-c4ccncc4)nc4ccccc34)n2)cc1. The van der Waals surface area contributed by atoms with Crippen LogP contribution in [-0.4, -0.2) is 20.1 Å². The van der Waals surface area contributed by atoms with Crippen LogP contribution < -0.4 is 0 Å². The molecular weight excluding hydrogens is 336 g/mol. The molecule has 5 rings (SSSR count). The predicted octanol–water partition coefficient (Wildman–Crippen LogP) is 5.01. The van der Waals surface area contributed by atoms with Crippen molar-refractivity contribution in [2.45, 2.75) is 0 Å². The van der Waals surface area contributed by atoms with Crippen LogP contribution in [0.15, 0.2) is 89.7 Å². The molecule has 5 heteroatoms. The molecule has 2 aromatic carbocycles. The zero-order valence-electron chi connectivity index (χ0n) is 14.3. The lowest BCUT2D eigenvalue weighted by atomic mass is 10.0. The Bertz CT molecular complexity index is 1220. The molecule has 5 nitrogen and oxygen atoms in total. The minimum Gasteiger partial charge on any atom is -0.334 e. The Morgan fingerprint density at radius 2 is 1.48 bits per heavy atom. The van der Waals surface area contributed by atoms with Gasteiger partial charge >= 0.3 is 0 Å². The van der Waals surface area contributed by atoms with Crippen molar-refractivity contribution in [2.24, 2.45) is 0 Å². The van der Waals surface area contributed by atoms with Crippen molar-refractivity contribution in [3.63, 3.8) is 0 Å². The Hall–Kier alpha value is -3.86. The van der Waals surface area contributed by atoms with Gasteiger partial charge < -0.3 is 4.52 Å². The average Bonchev–Trinajstić information content (AvgIpc) is 3.24. The summed E-state index contributed by atoms with van der Waals surface area (Å²) in [4.78, 5) is 13.5. The molecule has 0 saturated carbocycles. The van der Waals surface area contributed by atoms with Crippen LogP contribution >= 0.6 is 0 Å². The number of benzene rings is 2. The maximum atomic E-state index is 5.60. The van der Waals surface area contributed by atoms with Crippen LogP contribution in [-0.2, 0) is 0 Å². The first kappa shape index (κ1) is 15.4. The highest BCUT2D eigenvalue weighted by Gasteiger charge is 2.15. The number of aromatic nitrogens is 4. The second-order valence-corrected chi connectivity index (χ2v) is 6.10. The van der Waals surface area contributed by atoms with Crippen LogP contribution in [0.1, 0.15) is 0 Å². The lowest BCUT2D eigenvalue weighted by Gasteiger charge is -2.07. The summed E-state index contributed by atoms with van der Waals surface area (Å²) in [6.07, 6.45) is 3.51. The first-order valence-electron chi connectivity index (χ1n) is 8.58. The standard InChI is InChI=1S/C22H14N4O/c1-2-6-16(7-3-1)21-25-22(27-26-21)18-14-20(15-10-12-23-13-11-15)24-19-9-5-4-8-17(18)19/h1-14H. The molecule has 0 fully saturated rings. The van der Waals surface area contributed by atoms with E-state index >= 15 is 0 Å². The highest BCUT2D eigenvalue weighted by Crippen LogP contribution is 2.32. The minimum atomic E-state index is 0.475. The van der Waals surface area contributed by atoms with Gasteiger partial charge in [-0.3, -0.25) is 4.98 Å². The molecule has 0 atom stereocenters. The highest BCUT2D eigenvalue weighted by atomic mass is 16.5. The van der Waals surface area contributed by atoms with Crippen LogP contribution in [0.5, 0.6) is 0 Å². The summed E-state index contributed by atoms with van der Waals surface area (Å²) in [5, 5.41) is 5.13. The van der Waals surface area contributed by atoms with Crippen LogP contribution in [0.25, 0.3) is 45.0 Å². The summed E-state index contributed by atoms with van der Waals surface area (Å²) in [7, 11) is 0. The van der Waals surface area contributed by atoms with Crippen LogP contribution in [0.3, 0.4) is 0 Å². The number of pyridine rings is 2. The fraction of sp³-hybridized carbons (Fsp3) is 0. The van der Waals surface area contributed by atoms with Crippen molar-refractivity contribution in [3.05, 3.63) is 85.2 Å². The highest BCUT2D eigenvalue weighted by molar-refractivity contribution is 5.94. The van der Waals surface area contributed by atoms with E-state index in [0.29, 0.717) is 11.7 Å². The van der Waals surface area contributed by atoms with Crippen molar-refractivity contribution >= 4 is 10.9 Å². The summed E-state index contributed by atoms with van der Waals surface area (Å²) in [6, 6.07) is 23.6. The molecule has 0 saturated heterocycles. The Labute approximate surface area is 155 Å². The molecule has 128 valence electrons. The largest absolute Gasteiger partial charge is 0.334 e. The molecule has 3 aromatic heterocycles. The molecule has 0 unspecified atom stereocenters. The second-order valence-electron chi connectivity index (χ2n) is 6.10. The van der Waals surface area contributed by atoms with Gasteiger partial charge in [-0.25, -0.2) is 4.98 Å². The fourth-order valence-corrected chi connectivity index (χ4v) is 3.06. The van der Waals surface area contributed by atoms with Crippen LogP contribution in [0.2, 0.25) is 0 Å². The fourth-order valence-electron chi connectivity index (χ4n) is 3.06. The lowest BCUT2D eigenvalue weighted by molar-refractivity contribution is 0.432. The van der Waals surface area contributed by atoms with Crippen molar-refractivity contribution in [2.75, 3.05) is 0 Å². The third-order valence-corrected chi connectivity index (χ3v) is 4.38. The van der Waals surface area contributed by atoms with E-state index in [-0.39, 0.29) is 0 Å². The van der Waals surface area contributed by atoms with Crippen molar-refractivity contribution in [1.82, 2.24) is 20.1 Å². The summed E-state index contributed by atoms with van der Waals surface area (Å²) >= 11 is 0. The minimum absolute atomic E-state index is 0.475. The summed E-state index contributed by atoms with van der Waals surface area (Å²) in [6.45, 7) is 0. The zero-order chi connectivity index (χ0) is 18.1. The molecule has 0 aliphatic rings. The molecule has 0 N–H and O–H groups in total. The van der Waals surface area contributed by atoms with Crippen molar-refractivity contribution in [1.29, 1.82) is 0 Å². The lowest BCUT2D eigenvalue weighted by Crippen LogP contribution is -1.90. The van der Waals surface area contributed by atoms with E-state index in [1.54, 1.807) is 12.4 Å². The van der Waals surface area contributed by atoms with E-state index in [1.165, 1.54) is 0 Å². The maximum absolute atomic E-state index is 5.60. The normalized spacial score (nSPS) is 11.0. The average molecular weight is 350 g/mol. The number of hydrogen-bond donors (Lipinski definition) is 0. The first-order valence-corrected chi connectivity index (χ1v) is 8.58. The Morgan fingerprint density at radius 3 is 2.33 bits per heavy atom.